The summed E-state index contributed by atoms with van der Waals surface area (Å²) < 4.78 is 48.1. The summed E-state index contributed by atoms with van der Waals surface area (Å²) in [5.74, 6) is -1.51. The number of alkyl halides is 4. The maximum absolute atomic E-state index is 11.2. The van der Waals surface area contributed by atoms with Crippen LogP contribution in [0.4, 0.5) is 17.6 Å². The number of allylic oxidation sites excluding steroid dienone is 1. The summed E-state index contributed by atoms with van der Waals surface area (Å²) in [6, 6.07) is 0. The molecule has 0 aliphatic rings. The molecule has 0 saturated heterocycles. The van der Waals surface area contributed by atoms with E-state index in [1.165, 1.54) is 0 Å². The van der Waals surface area contributed by atoms with E-state index in [2.05, 4.69) is 11.3 Å². The van der Waals surface area contributed by atoms with E-state index in [9.17, 15) is 17.6 Å². The van der Waals surface area contributed by atoms with Crippen LogP contribution in [0.5, 0.6) is 0 Å². The zero-order valence-corrected chi connectivity index (χ0v) is 4.33. The smallest absolute Gasteiger partial charge is 0.448 e. The van der Waals surface area contributed by atoms with E-state index in [0.29, 0.717) is 0 Å². The topological polar surface area (TPSA) is 9.23 Å². The first-order chi connectivity index (χ1) is 3.98. The first kappa shape index (κ1) is 8.26. The summed E-state index contributed by atoms with van der Waals surface area (Å²) in [5.41, 5.74) is 0. The van der Waals surface area contributed by atoms with Crippen LogP contribution >= 0.6 is 0 Å². The Labute approximate surface area is 48.9 Å². The Kier molecular flexibility index (Phi) is 2.48. The second kappa shape index (κ2) is 2.70. The van der Waals surface area contributed by atoms with E-state index in [1.54, 1.807) is 0 Å². The van der Waals surface area contributed by atoms with Crippen LogP contribution in [0, 0.1) is 0 Å². The van der Waals surface area contributed by atoms with Gasteiger partial charge in [0, 0.05) is 0 Å². The molecule has 0 heterocycles. The fourth-order valence-electron chi connectivity index (χ4n) is 0.148. The predicted molar refractivity (Wildman–Crippen MR) is 22.3 cm³/mol. The van der Waals surface area contributed by atoms with Crippen molar-refractivity contribution in [2.75, 3.05) is 6.86 Å². The summed E-state index contributed by atoms with van der Waals surface area (Å²) in [6.45, 7) is 0.927. The highest BCUT2D eigenvalue weighted by atomic mass is 19.4. The van der Waals surface area contributed by atoms with Gasteiger partial charge < -0.3 is 4.74 Å². The van der Waals surface area contributed by atoms with Crippen LogP contribution in [0.1, 0.15) is 0 Å². The van der Waals surface area contributed by atoms with E-state index in [4.69, 9.17) is 0 Å². The molecule has 5 heteroatoms. The fourth-order valence-corrected chi connectivity index (χ4v) is 0.148. The summed E-state index contributed by atoms with van der Waals surface area (Å²) in [5, 5.41) is 0. The largest absolute Gasteiger partial charge is 0.458 e. The second-order valence-electron chi connectivity index (χ2n) is 1.17. The highest BCUT2D eigenvalue weighted by molar-refractivity contribution is 4.90. The van der Waals surface area contributed by atoms with Gasteiger partial charge in [-0.3, -0.25) is 0 Å². The quantitative estimate of drug-likeness (QED) is 0.425. The summed E-state index contributed by atoms with van der Waals surface area (Å²) in [7, 11) is 0. The van der Waals surface area contributed by atoms with E-state index >= 15 is 0 Å². The van der Waals surface area contributed by atoms with Gasteiger partial charge in [-0.2, -0.15) is 13.2 Å². The van der Waals surface area contributed by atoms with Gasteiger partial charge in [-0.1, -0.05) is 6.58 Å². The van der Waals surface area contributed by atoms with Crippen molar-refractivity contribution in [2.45, 2.75) is 6.18 Å². The molecule has 0 unspecified atom stereocenters. The van der Waals surface area contributed by atoms with Crippen LogP contribution in [0.15, 0.2) is 12.3 Å². The van der Waals surface area contributed by atoms with Gasteiger partial charge in [0.15, 0.2) is 5.76 Å². The third kappa shape index (κ3) is 2.94. The van der Waals surface area contributed by atoms with Crippen molar-refractivity contribution in [2.24, 2.45) is 0 Å². The number of hydrogen-bond donors (Lipinski definition) is 0. The van der Waals surface area contributed by atoms with Gasteiger partial charge in [-0.15, -0.1) is 0 Å². The lowest BCUT2D eigenvalue weighted by Gasteiger charge is -2.07. The van der Waals surface area contributed by atoms with Crippen molar-refractivity contribution in [1.82, 2.24) is 0 Å². The normalized spacial score (nSPS) is 11.1. The number of hydrogen-bond acceptors (Lipinski definition) is 1. The summed E-state index contributed by atoms with van der Waals surface area (Å²) in [4.78, 5) is 0. The van der Waals surface area contributed by atoms with E-state index < -0.39 is 18.8 Å². The lowest BCUT2D eigenvalue weighted by Crippen LogP contribution is -2.12. The molecule has 0 bridgehead atoms. The lowest BCUT2D eigenvalue weighted by atomic mass is 10.6. The number of halogens is 4. The van der Waals surface area contributed by atoms with Crippen molar-refractivity contribution in [3.63, 3.8) is 0 Å². The van der Waals surface area contributed by atoms with Gasteiger partial charge in [-0.25, -0.2) is 4.39 Å². The van der Waals surface area contributed by atoms with Gasteiger partial charge in [0.05, 0.1) is 0 Å². The average Bonchev–Trinajstić information content (AvgIpc) is 1.64. The highest BCUT2D eigenvalue weighted by Crippen LogP contribution is 2.24. The summed E-state index contributed by atoms with van der Waals surface area (Å²) in [6.07, 6.45) is -4.65. The first-order valence-corrected chi connectivity index (χ1v) is 1.93. The molecule has 0 aliphatic heterocycles. The molecule has 54 valence electrons. The van der Waals surface area contributed by atoms with Crippen molar-refractivity contribution >= 4 is 0 Å². The molecule has 0 aliphatic carbocycles. The number of rotatable bonds is 2. The maximum Gasteiger partial charge on any atom is 0.448 e. The zero-order chi connectivity index (χ0) is 7.49. The van der Waals surface area contributed by atoms with Crippen LogP contribution in [-0.4, -0.2) is 13.0 Å². The molecular weight excluding hydrogens is 140 g/mol. The molecule has 0 aromatic rings. The third-order valence-electron chi connectivity index (χ3n) is 0.545. The minimum absolute atomic E-state index is 1.50. The van der Waals surface area contributed by atoms with Gasteiger partial charge in [-0.05, 0) is 0 Å². The van der Waals surface area contributed by atoms with Crippen molar-refractivity contribution < 1.29 is 22.3 Å². The van der Waals surface area contributed by atoms with Crippen molar-refractivity contribution in [3.05, 3.63) is 12.3 Å². The molecule has 0 radical (unpaired) electrons. The van der Waals surface area contributed by atoms with Crippen LogP contribution in [-0.2, 0) is 4.74 Å². The molecule has 0 N–H and O–H groups in total. The Morgan fingerprint density at radius 2 is 1.89 bits per heavy atom. The molecule has 0 fully saturated rings. The Balaban J connectivity index is 3.74. The van der Waals surface area contributed by atoms with E-state index in [-0.39, 0.29) is 0 Å². The Hall–Kier alpha value is -0.740. The maximum atomic E-state index is 11.2. The summed E-state index contributed by atoms with van der Waals surface area (Å²) >= 11 is 0. The monoisotopic (exact) mass is 144 g/mol. The molecule has 0 aromatic heterocycles. The Morgan fingerprint density at radius 3 is 2.00 bits per heavy atom. The highest BCUT2D eigenvalue weighted by Gasteiger charge is 2.33. The molecular formula is C4H4F4O. The van der Waals surface area contributed by atoms with Crippen LogP contribution < -0.4 is 0 Å². The molecule has 1 nitrogen and oxygen atoms in total. The standard InChI is InChI=1S/C4H4F4O/c1-3(9-2-5)4(6,7)8/h1-2H2. The number of ether oxygens (including phenoxy) is 1. The van der Waals surface area contributed by atoms with Crippen molar-refractivity contribution in [3.8, 4) is 0 Å². The van der Waals surface area contributed by atoms with E-state index in [0.717, 1.165) is 0 Å². The molecule has 0 atom stereocenters. The molecule has 0 saturated carbocycles. The second-order valence-corrected chi connectivity index (χ2v) is 1.17. The van der Waals surface area contributed by atoms with Crippen LogP contribution in [0.3, 0.4) is 0 Å². The lowest BCUT2D eigenvalue weighted by molar-refractivity contribution is -0.137. The Morgan fingerprint density at radius 1 is 1.44 bits per heavy atom. The Bertz CT molecular complexity index is 106. The van der Waals surface area contributed by atoms with Crippen LogP contribution in [0.2, 0.25) is 0 Å². The molecule has 9 heavy (non-hydrogen) atoms. The van der Waals surface area contributed by atoms with Gasteiger partial charge >= 0.3 is 6.18 Å². The van der Waals surface area contributed by atoms with Gasteiger partial charge in [0.25, 0.3) is 0 Å². The minimum Gasteiger partial charge on any atom is -0.458 e. The molecule has 0 spiro atoms. The van der Waals surface area contributed by atoms with Crippen LogP contribution in [0.25, 0.3) is 0 Å². The molecule has 0 rings (SSSR count). The minimum atomic E-state index is -4.65. The average molecular weight is 144 g/mol. The van der Waals surface area contributed by atoms with E-state index in [1.807, 2.05) is 0 Å². The molecule has 0 aromatic carbocycles. The third-order valence-corrected chi connectivity index (χ3v) is 0.545. The van der Waals surface area contributed by atoms with Gasteiger partial charge in [0.1, 0.15) is 0 Å². The van der Waals surface area contributed by atoms with Gasteiger partial charge in [0.2, 0.25) is 6.86 Å². The van der Waals surface area contributed by atoms with Crippen molar-refractivity contribution in [1.29, 1.82) is 0 Å². The first-order valence-electron chi connectivity index (χ1n) is 1.93. The predicted octanol–water partition coefficient (Wildman–Crippen LogP) is 2.01. The fraction of sp³-hybridized carbons (Fsp3) is 0.500. The molecule has 0 amide bonds. The SMILES string of the molecule is C=C(OCF)C(F)(F)F. The zero-order valence-electron chi connectivity index (χ0n) is 4.33.